The summed E-state index contributed by atoms with van der Waals surface area (Å²) >= 11 is 0. The molecule has 0 aliphatic rings. The maximum Gasteiger partial charge on any atom is 0.243 e. The quantitative estimate of drug-likeness (QED) is 0.577. The smallest absolute Gasteiger partial charge is 0.243 e. The lowest BCUT2D eigenvalue weighted by molar-refractivity contribution is 0.397. The van der Waals surface area contributed by atoms with Crippen molar-refractivity contribution in [1.82, 2.24) is 9.21 Å². The summed E-state index contributed by atoms with van der Waals surface area (Å²) < 4.78 is 28.5. The average Bonchev–Trinajstić information content (AvgIpc) is 2.69. The first kappa shape index (κ1) is 20.3. The number of hydrogen-bond acceptors (Lipinski definition) is 3. The van der Waals surface area contributed by atoms with E-state index in [0.29, 0.717) is 24.5 Å². The van der Waals surface area contributed by atoms with Crippen LogP contribution in [0.2, 0.25) is 0 Å². The van der Waals surface area contributed by atoms with Crippen molar-refractivity contribution in [2.24, 2.45) is 0 Å². The summed E-state index contributed by atoms with van der Waals surface area (Å²) in [7, 11) is 0.300. The van der Waals surface area contributed by atoms with Crippen molar-refractivity contribution < 1.29 is 8.42 Å². The number of hydrogen-bond donors (Lipinski definition) is 0. The van der Waals surface area contributed by atoms with Gasteiger partial charge in [-0.3, -0.25) is 0 Å². The minimum Gasteiger partial charge on any atom is -0.305 e. The Hall–Kier alpha value is -2.47. The highest BCUT2D eigenvalue weighted by Gasteiger charge is 2.25. The van der Waals surface area contributed by atoms with Gasteiger partial charge in [0.15, 0.2) is 0 Å². The molecule has 0 saturated carbocycles. The van der Waals surface area contributed by atoms with Crippen molar-refractivity contribution >= 4 is 10.0 Å². The highest BCUT2D eigenvalue weighted by Crippen LogP contribution is 2.22. The fourth-order valence-electron chi connectivity index (χ4n) is 3.12. The van der Waals surface area contributed by atoms with Crippen LogP contribution in [0.1, 0.15) is 16.7 Å². The molecular formula is C23H26N2O2S. The molecule has 146 valence electrons. The maximum atomic E-state index is 13.5. The lowest BCUT2D eigenvalue weighted by Crippen LogP contribution is -2.30. The van der Waals surface area contributed by atoms with E-state index in [0.717, 1.165) is 16.7 Å². The van der Waals surface area contributed by atoms with Crippen LogP contribution in [0.3, 0.4) is 0 Å². The molecule has 0 fully saturated rings. The molecule has 0 unspecified atom stereocenters. The van der Waals surface area contributed by atoms with E-state index in [9.17, 15) is 8.42 Å². The van der Waals surface area contributed by atoms with Gasteiger partial charge in [0.25, 0.3) is 0 Å². The van der Waals surface area contributed by atoms with Crippen LogP contribution in [0.25, 0.3) is 0 Å². The van der Waals surface area contributed by atoms with Gasteiger partial charge in [0.2, 0.25) is 10.0 Å². The zero-order valence-corrected chi connectivity index (χ0v) is 17.1. The monoisotopic (exact) mass is 394 g/mol. The number of benzene rings is 3. The predicted molar refractivity (Wildman–Crippen MR) is 113 cm³/mol. The van der Waals surface area contributed by atoms with Crippen LogP contribution in [0, 0.1) is 0 Å². The number of sulfonamides is 1. The molecule has 0 saturated heterocycles. The molecule has 0 aliphatic heterocycles. The van der Waals surface area contributed by atoms with Crippen molar-refractivity contribution in [1.29, 1.82) is 0 Å². The van der Waals surface area contributed by atoms with E-state index in [-0.39, 0.29) is 0 Å². The van der Waals surface area contributed by atoms with Crippen LogP contribution < -0.4 is 0 Å². The topological polar surface area (TPSA) is 40.6 Å². The van der Waals surface area contributed by atoms with E-state index in [1.165, 1.54) is 0 Å². The summed E-state index contributed by atoms with van der Waals surface area (Å²) in [5, 5.41) is 0. The Labute approximate surface area is 168 Å². The van der Waals surface area contributed by atoms with Crippen LogP contribution in [0.5, 0.6) is 0 Å². The summed E-state index contributed by atoms with van der Waals surface area (Å²) in [6.07, 6.45) is 0. The molecule has 0 heterocycles. The van der Waals surface area contributed by atoms with Gasteiger partial charge in [0.1, 0.15) is 0 Å². The van der Waals surface area contributed by atoms with E-state index in [4.69, 9.17) is 0 Å². The standard InChI is InChI=1S/C23H26N2O2S/c1-24(2)17-22-14-9-15-23(16-22)28(26,27)25(18-20-10-5-3-6-11-20)19-21-12-7-4-8-13-21/h3-16H,17-19H2,1-2H3. The van der Waals surface area contributed by atoms with Gasteiger partial charge in [-0.1, -0.05) is 72.8 Å². The van der Waals surface area contributed by atoms with Gasteiger partial charge in [-0.25, -0.2) is 8.42 Å². The molecule has 0 aromatic heterocycles. The molecule has 0 bridgehead atoms. The van der Waals surface area contributed by atoms with Crippen molar-refractivity contribution in [2.75, 3.05) is 14.1 Å². The Morgan fingerprint density at radius 3 is 1.64 bits per heavy atom. The molecule has 0 spiro atoms. The fourth-order valence-corrected chi connectivity index (χ4v) is 4.61. The van der Waals surface area contributed by atoms with Gasteiger partial charge in [0, 0.05) is 19.6 Å². The second-order valence-corrected chi connectivity index (χ2v) is 9.07. The van der Waals surface area contributed by atoms with Crippen LogP contribution in [-0.2, 0) is 29.7 Å². The molecule has 28 heavy (non-hydrogen) atoms. The van der Waals surface area contributed by atoms with E-state index in [1.54, 1.807) is 16.4 Å². The largest absolute Gasteiger partial charge is 0.305 e. The first-order valence-electron chi connectivity index (χ1n) is 9.27. The molecule has 3 aromatic rings. The van der Waals surface area contributed by atoms with Crippen molar-refractivity contribution in [2.45, 2.75) is 24.5 Å². The highest BCUT2D eigenvalue weighted by molar-refractivity contribution is 7.89. The van der Waals surface area contributed by atoms with Gasteiger partial charge in [-0.05, 0) is 42.9 Å². The molecule has 5 heteroatoms. The molecule has 0 N–H and O–H groups in total. The summed E-state index contributed by atoms with van der Waals surface area (Å²) in [6.45, 7) is 1.35. The zero-order valence-electron chi connectivity index (χ0n) is 16.3. The molecule has 0 radical (unpaired) electrons. The maximum absolute atomic E-state index is 13.5. The Kier molecular flexibility index (Phi) is 6.62. The Morgan fingerprint density at radius 2 is 1.14 bits per heavy atom. The van der Waals surface area contributed by atoms with Crippen molar-refractivity contribution in [3.05, 3.63) is 102 Å². The molecule has 4 nitrogen and oxygen atoms in total. The van der Waals surface area contributed by atoms with E-state index in [1.807, 2.05) is 91.8 Å². The normalized spacial score (nSPS) is 11.9. The van der Waals surface area contributed by atoms with Gasteiger partial charge in [0.05, 0.1) is 4.90 Å². The van der Waals surface area contributed by atoms with Gasteiger partial charge in [-0.2, -0.15) is 4.31 Å². The fraction of sp³-hybridized carbons (Fsp3) is 0.217. The molecule has 3 rings (SSSR count). The van der Waals surface area contributed by atoms with Crippen LogP contribution in [0.4, 0.5) is 0 Å². The summed E-state index contributed by atoms with van der Waals surface area (Å²) in [4.78, 5) is 2.36. The van der Waals surface area contributed by atoms with Crippen LogP contribution in [-0.4, -0.2) is 31.7 Å². The summed E-state index contributed by atoms with van der Waals surface area (Å²) in [5.74, 6) is 0. The van der Waals surface area contributed by atoms with Crippen LogP contribution >= 0.6 is 0 Å². The first-order chi connectivity index (χ1) is 13.4. The van der Waals surface area contributed by atoms with E-state index in [2.05, 4.69) is 0 Å². The zero-order chi connectivity index (χ0) is 20.0. The third-order valence-corrected chi connectivity index (χ3v) is 6.23. The summed E-state index contributed by atoms with van der Waals surface area (Å²) in [6, 6.07) is 26.6. The Morgan fingerprint density at radius 1 is 0.643 bits per heavy atom. The minimum atomic E-state index is -3.64. The Bertz CT molecular complexity index is 946. The third kappa shape index (κ3) is 5.29. The molecule has 0 atom stereocenters. The van der Waals surface area contributed by atoms with E-state index < -0.39 is 10.0 Å². The van der Waals surface area contributed by atoms with Crippen molar-refractivity contribution in [3.63, 3.8) is 0 Å². The molecule has 3 aromatic carbocycles. The summed E-state index contributed by atoms with van der Waals surface area (Å²) in [5.41, 5.74) is 2.91. The second kappa shape index (κ2) is 9.15. The van der Waals surface area contributed by atoms with Crippen LogP contribution in [0.15, 0.2) is 89.8 Å². The molecule has 0 aliphatic carbocycles. The van der Waals surface area contributed by atoms with Crippen molar-refractivity contribution in [3.8, 4) is 0 Å². The van der Waals surface area contributed by atoms with E-state index >= 15 is 0 Å². The number of rotatable bonds is 8. The SMILES string of the molecule is CN(C)Cc1cccc(S(=O)(=O)N(Cc2ccccc2)Cc2ccccc2)c1. The minimum absolute atomic E-state index is 0.329. The second-order valence-electron chi connectivity index (χ2n) is 7.13. The van der Waals surface area contributed by atoms with Gasteiger partial charge < -0.3 is 4.90 Å². The lowest BCUT2D eigenvalue weighted by atomic mass is 10.2. The predicted octanol–water partition coefficient (Wildman–Crippen LogP) is 4.14. The molecule has 0 amide bonds. The third-order valence-electron chi connectivity index (χ3n) is 4.44. The van der Waals surface area contributed by atoms with Gasteiger partial charge in [-0.15, -0.1) is 0 Å². The van der Waals surface area contributed by atoms with Gasteiger partial charge >= 0.3 is 0 Å². The first-order valence-corrected chi connectivity index (χ1v) is 10.7. The average molecular weight is 395 g/mol. The number of nitrogens with zero attached hydrogens (tertiary/aromatic N) is 2. The lowest BCUT2D eigenvalue weighted by Gasteiger charge is -2.23. The Balaban J connectivity index is 1.95. The highest BCUT2D eigenvalue weighted by atomic mass is 32.2. The molecular weight excluding hydrogens is 368 g/mol.